The van der Waals surface area contributed by atoms with Gasteiger partial charge in [-0.25, -0.2) is 4.85 Å². The lowest BCUT2D eigenvalue weighted by molar-refractivity contribution is -0.870. The highest BCUT2D eigenvalue weighted by atomic mass is 19.4. The van der Waals surface area contributed by atoms with Crippen LogP contribution in [0.2, 0.25) is 0 Å². The molecular formula is C22H25F3N6O. The van der Waals surface area contributed by atoms with E-state index in [9.17, 15) is 18.6 Å². The van der Waals surface area contributed by atoms with Crippen molar-refractivity contribution in [3.8, 4) is 0 Å². The van der Waals surface area contributed by atoms with Gasteiger partial charge in [-0.15, -0.1) is 0 Å². The van der Waals surface area contributed by atoms with Crippen molar-refractivity contribution < 1.29 is 22.8 Å². The molecule has 0 aliphatic carbocycles. The van der Waals surface area contributed by atoms with Gasteiger partial charge in [0.05, 0.1) is 45.8 Å². The molecule has 1 aliphatic heterocycles. The molecule has 2 heterocycles. The zero-order valence-corrected chi connectivity index (χ0v) is 18.5. The molecule has 0 saturated heterocycles. The molecule has 0 bridgehead atoms. The van der Waals surface area contributed by atoms with E-state index in [1.807, 2.05) is 0 Å². The Labute approximate surface area is 184 Å². The van der Waals surface area contributed by atoms with Crippen LogP contribution >= 0.6 is 0 Å². The summed E-state index contributed by atoms with van der Waals surface area (Å²) in [4.78, 5) is 6.83. The molecule has 1 aromatic carbocycles. The number of H-pyrrole nitrogens is 1. The van der Waals surface area contributed by atoms with E-state index in [2.05, 4.69) is 41.2 Å². The van der Waals surface area contributed by atoms with Gasteiger partial charge in [-0.1, -0.05) is 6.07 Å². The molecule has 0 fully saturated rings. The molecule has 170 valence electrons. The summed E-state index contributed by atoms with van der Waals surface area (Å²) < 4.78 is 40.8. The SMILES string of the molecule is C[N+](C)(C)CCO.[C-]#[N+]C1=C(C)N=C(C(F)(F)F)C(=C=[N-])[C@H]1c1ccc2n[nH]c(C)c2c1. The third kappa shape index (κ3) is 5.51. The van der Waals surface area contributed by atoms with E-state index in [4.69, 9.17) is 11.7 Å². The molecule has 0 saturated carbocycles. The zero-order chi connectivity index (χ0) is 24.3. The number of rotatable bonds is 3. The summed E-state index contributed by atoms with van der Waals surface area (Å²) in [5, 5.41) is 25.4. The predicted octanol–water partition coefficient (Wildman–Crippen LogP) is 3.97. The Kier molecular flexibility index (Phi) is 7.42. The number of allylic oxidation sites excluding steroid dienone is 2. The number of aryl methyl sites for hydroxylation is 1. The van der Waals surface area contributed by atoms with Crippen LogP contribution in [0.25, 0.3) is 21.2 Å². The molecule has 0 radical (unpaired) electrons. The van der Waals surface area contributed by atoms with Gasteiger partial charge in [0.2, 0.25) is 0 Å². The Balaban J connectivity index is 0.000000451. The highest BCUT2D eigenvalue weighted by molar-refractivity contribution is 6.13. The van der Waals surface area contributed by atoms with E-state index < -0.39 is 23.4 Å². The lowest BCUT2D eigenvalue weighted by Crippen LogP contribution is -2.36. The number of nitrogens with one attached hydrogen (secondary N) is 1. The lowest BCUT2D eigenvalue weighted by Gasteiger charge is -2.27. The summed E-state index contributed by atoms with van der Waals surface area (Å²) in [6.07, 6.45) is -4.77. The summed E-state index contributed by atoms with van der Waals surface area (Å²) in [6, 6.07) is 4.90. The van der Waals surface area contributed by atoms with E-state index >= 15 is 0 Å². The van der Waals surface area contributed by atoms with Gasteiger partial charge in [0.25, 0.3) is 0 Å². The third-order valence-electron chi connectivity index (χ3n) is 4.85. The van der Waals surface area contributed by atoms with Crippen molar-refractivity contribution in [2.24, 2.45) is 4.99 Å². The van der Waals surface area contributed by atoms with Gasteiger partial charge in [0.1, 0.15) is 6.54 Å². The van der Waals surface area contributed by atoms with E-state index in [-0.39, 0.29) is 18.0 Å². The largest absolute Gasteiger partial charge is 0.763 e. The first-order valence-corrected chi connectivity index (χ1v) is 9.71. The normalized spacial score (nSPS) is 16.8. The van der Waals surface area contributed by atoms with Crippen LogP contribution in [0.4, 0.5) is 13.2 Å². The van der Waals surface area contributed by atoms with Crippen LogP contribution in [0.5, 0.6) is 0 Å². The Bertz CT molecular complexity index is 1160. The average molecular weight is 446 g/mol. The number of nitrogens with zero attached hydrogens (tertiary/aromatic N) is 5. The lowest BCUT2D eigenvalue weighted by atomic mass is 9.83. The smallest absolute Gasteiger partial charge is 0.434 e. The fourth-order valence-electron chi connectivity index (χ4n) is 3.21. The van der Waals surface area contributed by atoms with E-state index in [0.29, 0.717) is 11.1 Å². The average Bonchev–Trinajstić information content (AvgIpc) is 3.06. The molecule has 0 unspecified atom stereocenters. The first kappa shape index (κ1) is 25.0. The number of hydrogen-bond donors (Lipinski definition) is 2. The maximum Gasteiger partial charge on any atom is 0.434 e. The minimum absolute atomic E-state index is 0.0186. The van der Waals surface area contributed by atoms with Crippen molar-refractivity contribution in [2.45, 2.75) is 25.9 Å². The second-order valence-corrected chi connectivity index (χ2v) is 8.36. The first-order valence-electron chi connectivity index (χ1n) is 9.71. The Morgan fingerprint density at radius 2 is 1.94 bits per heavy atom. The zero-order valence-electron chi connectivity index (χ0n) is 18.5. The fraction of sp³-hybridized carbons (Fsp3) is 0.409. The quantitative estimate of drug-likeness (QED) is 0.425. The number of likely N-dealkylation sites (N-methyl/N-ethyl adjacent to an activating group) is 1. The maximum atomic E-state index is 13.3. The Morgan fingerprint density at radius 1 is 1.28 bits per heavy atom. The molecule has 2 N–H and O–H groups in total. The number of aliphatic imine (C=N–C) groups is 1. The van der Waals surface area contributed by atoms with E-state index in [0.717, 1.165) is 22.1 Å². The van der Waals surface area contributed by atoms with Gasteiger partial charge in [-0.05, 0) is 31.5 Å². The Morgan fingerprint density at radius 3 is 2.41 bits per heavy atom. The monoisotopic (exact) mass is 446 g/mol. The number of alkyl halides is 3. The second-order valence-electron chi connectivity index (χ2n) is 8.36. The molecule has 0 spiro atoms. The summed E-state index contributed by atoms with van der Waals surface area (Å²) >= 11 is 0. The number of quaternary nitrogens is 1. The van der Waals surface area contributed by atoms with Crippen molar-refractivity contribution in [3.05, 3.63) is 63.3 Å². The molecule has 0 amide bonds. The summed E-state index contributed by atoms with van der Waals surface area (Å²) in [5.74, 6) is 0.514. The third-order valence-corrected chi connectivity index (χ3v) is 4.85. The van der Waals surface area contributed by atoms with Gasteiger partial charge in [0.15, 0.2) is 11.4 Å². The van der Waals surface area contributed by atoms with Crippen LogP contribution in [-0.2, 0) is 0 Å². The molecular weight excluding hydrogens is 421 g/mol. The number of benzene rings is 1. The topological polar surface area (TPSA) is 87.9 Å². The number of hydrogen-bond acceptors (Lipinski definition) is 3. The van der Waals surface area contributed by atoms with E-state index in [1.165, 1.54) is 6.92 Å². The van der Waals surface area contributed by atoms with Gasteiger partial charge < -0.3 is 15.0 Å². The van der Waals surface area contributed by atoms with Crippen LogP contribution in [0.15, 0.2) is 40.2 Å². The first-order chi connectivity index (χ1) is 14.8. The maximum absolute atomic E-state index is 13.3. The van der Waals surface area contributed by atoms with Crippen LogP contribution in [0.1, 0.15) is 24.1 Å². The van der Waals surface area contributed by atoms with Gasteiger partial charge in [0, 0.05) is 22.4 Å². The molecule has 10 heteroatoms. The fourth-order valence-corrected chi connectivity index (χ4v) is 3.21. The molecule has 1 aromatic heterocycles. The number of aliphatic hydroxyl groups is 1. The second kappa shape index (κ2) is 9.49. The molecule has 32 heavy (non-hydrogen) atoms. The number of fused-ring (bicyclic) bond motifs is 1. The summed E-state index contributed by atoms with van der Waals surface area (Å²) in [7, 11) is 6.16. The molecule has 3 rings (SSSR count). The molecule has 1 atom stereocenters. The number of aromatic amines is 1. The highest BCUT2D eigenvalue weighted by Gasteiger charge is 2.44. The van der Waals surface area contributed by atoms with Crippen LogP contribution in [-0.4, -0.2) is 71.8 Å². The molecule has 2 aromatic rings. The Hall–Kier alpha value is -3.25. The van der Waals surface area contributed by atoms with Crippen molar-refractivity contribution in [3.63, 3.8) is 0 Å². The number of halogens is 3. The minimum Gasteiger partial charge on any atom is -0.763 e. The summed E-state index contributed by atoms with van der Waals surface area (Å²) in [6.45, 7) is 11.6. The van der Waals surface area contributed by atoms with Crippen LogP contribution in [0, 0.1) is 13.5 Å². The van der Waals surface area contributed by atoms with Crippen molar-refractivity contribution in [1.82, 2.24) is 10.2 Å². The predicted molar refractivity (Wildman–Crippen MR) is 118 cm³/mol. The van der Waals surface area contributed by atoms with Crippen molar-refractivity contribution >= 4 is 22.5 Å². The number of aliphatic hydroxyl groups excluding tert-OH is 1. The van der Waals surface area contributed by atoms with Crippen LogP contribution < -0.4 is 0 Å². The van der Waals surface area contributed by atoms with Gasteiger partial charge in [-0.3, -0.25) is 16.0 Å². The summed E-state index contributed by atoms with van der Waals surface area (Å²) in [5.41, 5.74) is 0.0146. The van der Waals surface area contributed by atoms with Gasteiger partial charge >= 0.3 is 6.18 Å². The standard InChI is InChI=1S/C17H11F3N5.C5H14NO/c1-8-11-6-10(4-5-13(11)25-24-8)14-12(7-21)16(17(18,19)20)23-9(2)15(14)22-3;1-6(2,3)4-5-7/h4-6,14H,1-2H3,(H,24,25);7H,4-5H2,1-3H3/q-1;+1/t14-;/m1./s1. The van der Waals surface area contributed by atoms with Crippen molar-refractivity contribution in [2.75, 3.05) is 34.3 Å². The van der Waals surface area contributed by atoms with Crippen molar-refractivity contribution in [1.29, 1.82) is 0 Å². The highest BCUT2D eigenvalue weighted by Crippen LogP contribution is 2.42. The van der Waals surface area contributed by atoms with E-state index in [1.54, 1.807) is 31.0 Å². The van der Waals surface area contributed by atoms with Gasteiger partial charge in [-0.2, -0.15) is 18.3 Å². The number of aromatic nitrogens is 2. The molecule has 7 nitrogen and oxygen atoms in total. The molecule has 1 aliphatic rings. The van der Waals surface area contributed by atoms with Crippen LogP contribution in [0.3, 0.4) is 0 Å². The minimum atomic E-state index is -4.77.